The molecule has 6 aliphatic rings. The number of aliphatic hydroxyl groups is 1. The van der Waals surface area contributed by atoms with E-state index in [4.69, 9.17) is 18.9 Å². The van der Waals surface area contributed by atoms with Gasteiger partial charge in [0.2, 0.25) is 0 Å². The maximum absolute atomic E-state index is 12.3. The van der Waals surface area contributed by atoms with Gasteiger partial charge in [0.25, 0.3) is 0 Å². The lowest BCUT2D eigenvalue weighted by Crippen LogP contribution is -2.60. The van der Waals surface area contributed by atoms with Crippen molar-refractivity contribution in [1.82, 2.24) is 0 Å². The first-order chi connectivity index (χ1) is 17.9. The number of esters is 2. The number of hydrogen-bond acceptors (Lipinski definition) is 7. The largest absolute Gasteiger partial charge is 0.463 e. The van der Waals surface area contributed by atoms with Crippen LogP contribution in [-0.4, -0.2) is 53.9 Å². The highest BCUT2D eigenvalue weighted by molar-refractivity contribution is 5.66. The van der Waals surface area contributed by atoms with Crippen molar-refractivity contribution in [2.75, 3.05) is 6.61 Å². The molecule has 6 rings (SSSR count). The highest BCUT2D eigenvalue weighted by atomic mass is 16.7. The fraction of sp³-hybridized carbons (Fsp3) is 0.935. The molecule has 38 heavy (non-hydrogen) atoms. The molecule has 7 nitrogen and oxygen atoms in total. The predicted octanol–water partition coefficient (Wildman–Crippen LogP) is 4.88. The van der Waals surface area contributed by atoms with Crippen LogP contribution in [0.2, 0.25) is 0 Å². The van der Waals surface area contributed by atoms with Crippen molar-refractivity contribution in [3.63, 3.8) is 0 Å². The molecule has 2 aliphatic heterocycles. The predicted molar refractivity (Wildman–Crippen MR) is 140 cm³/mol. The Labute approximate surface area is 227 Å². The van der Waals surface area contributed by atoms with Gasteiger partial charge in [0, 0.05) is 25.7 Å². The molecule has 0 radical (unpaired) electrons. The van der Waals surface area contributed by atoms with Crippen LogP contribution >= 0.6 is 0 Å². The summed E-state index contributed by atoms with van der Waals surface area (Å²) in [5.41, 5.74) is 0.172. The van der Waals surface area contributed by atoms with Crippen LogP contribution < -0.4 is 0 Å². The minimum atomic E-state index is -0.869. The quantitative estimate of drug-likeness (QED) is 0.507. The van der Waals surface area contributed by atoms with Crippen molar-refractivity contribution in [1.29, 1.82) is 0 Å². The van der Waals surface area contributed by atoms with Crippen LogP contribution in [0.4, 0.5) is 0 Å². The number of fused-ring (bicyclic) bond motifs is 7. The zero-order chi connectivity index (χ0) is 27.2. The smallest absolute Gasteiger partial charge is 0.302 e. The first-order valence-electron chi connectivity index (χ1n) is 15.2. The lowest BCUT2D eigenvalue weighted by molar-refractivity contribution is -0.316. The lowest BCUT2D eigenvalue weighted by Gasteiger charge is -2.62. The Morgan fingerprint density at radius 1 is 0.868 bits per heavy atom. The zero-order valence-electron chi connectivity index (χ0n) is 24.1. The van der Waals surface area contributed by atoms with E-state index in [0.717, 1.165) is 44.9 Å². The Hall–Kier alpha value is -1.18. The molecule has 3 unspecified atom stereocenters. The third-order valence-electron chi connectivity index (χ3n) is 12.5. The minimum Gasteiger partial charge on any atom is -0.463 e. The highest BCUT2D eigenvalue weighted by Crippen LogP contribution is 2.71. The second kappa shape index (κ2) is 9.17. The topological polar surface area (TPSA) is 91.3 Å². The van der Waals surface area contributed by atoms with Gasteiger partial charge in [0.05, 0.1) is 12.7 Å². The Kier molecular flexibility index (Phi) is 6.52. The van der Waals surface area contributed by atoms with Gasteiger partial charge in [-0.2, -0.15) is 0 Å². The molecular formula is C31H48O7. The van der Waals surface area contributed by atoms with Gasteiger partial charge in [0.15, 0.2) is 5.79 Å². The first-order valence-corrected chi connectivity index (χ1v) is 15.2. The van der Waals surface area contributed by atoms with Gasteiger partial charge in [0.1, 0.15) is 18.3 Å². The lowest BCUT2D eigenvalue weighted by atomic mass is 9.43. The molecule has 6 fully saturated rings. The fourth-order valence-electron chi connectivity index (χ4n) is 11.1. The molecular weight excluding hydrogens is 484 g/mol. The van der Waals surface area contributed by atoms with Gasteiger partial charge in [-0.3, -0.25) is 9.59 Å². The van der Waals surface area contributed by atoms with Crippen molar-refractivity contribution in [2.45, 2.75) is 123 Å². The van der Waals surface area contributed by atoms with Crippen molar-refractivity contribution in [3.05, 3.63) is 0 Å². The SMILES string of the molecule is CC(=O)O[C@H]1CC[C@@]2(C)[C@H](C1)[C@H](OC(C)=O)C[C@@H]1[C@@H]2CC[C@]2(C)C3C(C[C@@H]12)O[C@@]1(OC[C@@H](C)CC1O)[C@H]3C. The number of ether oxygens (including phenoxy) is 4. The fourth-order valence-corrected chi connectivity index (χ4v) is 11.1. The van der Waals surface area contributed by atoms with Gasteiger partial charge >= 0.3 is 11.9 Å². The molecule has 0 bridgehead atoms. The van der Waals surface area contributed by atoms with Crippen molar-refractivity contribution >= 4 is 11.9 Å². The van der Waals surface area contributed by atoms with E-state index in [0.29, 0.717) is 36.2 Å². The van der Waals surface area contributed by atoms with E-state index in [-0.39, 0.29) is 52.9 Å². The second-order valence-electron chi connectivity index (χ2n) is 14.5. The molecule has 2 saturated heterocycles. The first kappa shape index (κ1) is 27.0. The summed E-state index contributed by atoms with van der Waals surface area (Å²) in [7, 11) is 0. The van der Waals surface area contributed by atoms with Crippen LogP contribution in [0.3, 0.4) is 0 Å². The molecule has 14 atom stereocenters. The number of carbonyl (C=O) groups is 2. The summed E-state index contributed by atoms with van der Waals surface area (Å²) >= 11 is 0. The second-order valence-corrected chi connectivity index (χ2v) is 14.5. The third-order valence-corrected chi connectivity index (χ3v) is 12.5. The monoisotopic (exact) mass is 532 g/mol. The molecule has 0 amide bonds. The Morgan fingerprint density at radius 3 is 2.26 bits per heavy atom. The van der Waals surface area contributed by atoms with Crippen LogP contribution in [0.15, 0.2) is 0 Å². The van der Waals surface area contributed by atoms with E-state index in [1.54, 1.807) is 0 Å². The molecule has 0 aromatic heterocycles. The summed E-state index contributed by atoms with van der Waals surface area (Å²) in [6.45, 7) is 12.9. The summed E-state index contributed by atoms with van der Waals surface area (Å²) < 4.78 is 24.9. The Morgan fingerprint density at radius 2 is 1.58 bits per heavy atom. The standard InChI is InChI=1S/C31H48O7/c1-16-11-27(34)31(35-15-16)17(2)28-26(38-31)14-23-21-13-25(37-19(4)33)24-12-20(36-18(3)32)7-9-29(24,5)22(21)8-10-30(23,28)6/h16-17,20-28,34H,7-15H2,1-6H3/t16-,17-,20-,21+,22-,23-,24+,25+,26?,27?,28?,29+,30-,31-/m0/s1. The van der Waals surface area contributed by atoms with Gasteiger partial charge in [-0.05, 0) is 91.8 Å². The normalized spacial score (nSPS) is 55.4. The number of hydrogen-bond donors (Lipinski definition) is 1. The molecule has 7 heteroatoms. The summed E-state index contributed by atoms with van der Waals surface area (Å²) in [5, 5.41) is 11.2. The summed E-state index contributed by atoms with van der Waals surface area (Å²) in [4.78, 5) is 24.0. The molecule has 0 aromatic rings. The van der Waals surface area contributed by atoms with Crippen molar-refractivity contribution < 1.29 is 33.6 Å². The van der Waals surface area contributed by atoms with Crippen LogP contribution in [-0.2, 0) is 28.5 Å². The van der Waals surface area contributed by atoms with E-state index in [9.17, 15) is 14.7 Å². The molecule has 214 valence electrons. The van der Waals surface area contributed by atoms with Gasteiger partial charge in [-0.1, -0.05) is 27.7 Å². The van der Waals surface area contributed by atoms with Crippen molar-refractivity contribution in [2.24, 2.45) is 52.3 Å². The molecule has 4 saturated carbocycles. The molecule has 0 aromatic carbocycles. The summed E-state index contributed by atoms with van der Waals surface area (Å²) in [5.74, 6) is 1.27. The number of rotatable bonds is 2. The van der Waals surface area contributed by atoms with Gasteiger partial charge in [-0.25, -0.2) is 0 Å². The average Bonchev–Trinajstić information content (AvgIpc) is 3.28. The van der Waals surface area contributed by atoms with E-state index < -0.39 is 11.9 Å². The molecule has 1 spiro atoms. The van der Waals surface area contributed by atoms with E-state index in [1.807, 2.05) is 0 Å². The van der Waals surface area contributed by atoms with Crippen LogP contribution in [0.1, 0.15) is 92.9 Å². The van der Waals surface area contributed by atoms with E-state index in [1.165, 1.54) is 20.3 Å². The van der Waals surface area contributed by atoms with Gasteiger partial charge < -0.3 is 24.1 Å². The number of aliphatic hydroxyl groups excluding tert-OH is 1. The van der Waals surface area contributed by atoms with Crippen LogP contribution in [0, 0.1) is 52.3 Å². The number of carbonyl (C=O) groups excluding carboxylic acids is 2. The van der Waals surface area contributed by atoms with Crippen molar-refractivity contribution in [3.8, 4) is 0 Å². The maximum atomic E-state index is 12.3. The zero-order valence-corrected chi connectivity index (χ0v) is 24.1. The molecule has 1 N–H and O–H groups in total. The van der Waals surface area contributed by atoms with Crippen LogP contribution in [0.5, 0.6) is 0 Å². The average molecular weight is 533 g/mol. The molecule has 4 aliphatic carbocycles. The Bertz CT molecular complexity index is 968. The third kappa shape index (κ3) is 3.84. The van der Waals surface area contributed by atoms with E-state index in [2.05, 4.69) is 27.7 Å². The molecule has 2 heterocycles. The highest BCUT2D eigenvalue weighted by Gasteiger charge is 2.71. The maximum Gasteiger partial charge on any atom is 0.302 e. The van der Waals surface area contributed by atoms with Gasteiger partial charge in [-0.15, -0.1) is 0 Å². The summed E-state index contributed by atoms with van der Waals surface area (Å²) in [6, 6.07) is 0. The minimum absolute atomic E-state index is 0.0607. The van der Waals surface area contributed by atoms with Crippen LogP contribution in [0.25, 0.3) is 0 Å². The summed E-state index contributed by atoms with van der Waals surface area (Å²) in [6.07, 6.45) is 6.86. The Balaban J connectivity index is 1.28. The van der Waals surface area contributed by atoms with E-state index >= 15 is 0 Å².